The van der Waals surface area contributed by atoms with E-state index in [4.69, 9.17) is 22.1 Å². The fourth-order valence-electron chi connectivity index (χ4n) is 2.09. The van der Waals surface area contributed by atoms with Crippen LogP contribution in [-0.2, 0) is 11.8 Å². The maximum absolute atomic E-state index is 5.93. The van der Waals surface area contributed by atoms with Crippen LogP contribution in [0.5, 0.6) is 11.6 Å². The van der Waals surface area contributed by atoms with E-state index >= 15 is 0 Å². The van der Waals surface area contributed by atoms with E-state index in [1.807, 2.05) is 6.07 Å². The number of halogens is 1. The lowest BCUT2D eigenvalue weighted by molar-refractivity contribution is 0.442. The molecule has 3 nitrogen and oxygen atoms in total. The Morgan fingerprint density at radius 2 is 1.90 bits per heavy atom. The number of aromatic nitrogens is 1. The van der Waals surface area contributed by atoms with Gasteiger partial charge >= 0.3 is 0 Å². The summed E-state index contributed by atoms with van der Waals surface area (Å²) in [5.41, 5.74) is 8.75. The molecule has 21 heavy (non-hydrogen) atoms. The van der Waals surface area contributed by atoms with Crippen molar-refractivity contribution in [3.05, 3.63) is 46.6 Å². The average molecular weight is 305 g/mol. The van der Waals surface area contributed by atoms with Crippen LogP contribution < -0.4 is 10.5 Å². The van der Waals surface area contributed by atoms with E-state index in [9.17, 15) is 0 Å². The molecule has 0 aliphatic rings. The highest BCUT2D eigenvalue weighted by molar-refractivity contribution is 6.29. The van der Waals surface area contributed by atoms with Gasteiger partial charge < -0.3 is 10.5 Å². The van der Waals surface area contributed by atoms with Gasteiger partial charge in [-0.15, -0.1) is 0 Å². The number of nitrogen functional groups attached to an aromatic ring is 1. The maximum atomic E-state index is 5.93. The van der Waals surface area contributed by atoms with E-state index in [1.165, 1.54) is 5.56 Å². The molecule has 0 unspecified atom stereocenters. The molecular formula is C17H21ClN2O. The molecule has 2 rings (SSSR count). The van der Waals surface area contributed by atoms with Crippen molar-refractivity contribution < 1.29 is 4.74 Å². The third-order valence-electron chi connectivity index (χ3n) is 3.32. The molecule has 0 radical (unpaired) electrons. The number of pyridine rings is 1. The largest absolute Gasteiger partial charge is 0.437 e. The van der Waals surface area contributed by atoms with Crippen molar-refractivity contribution in [1.82, 2.24) is 4.98 Å². The summed E-state index contributed by atoms with van der Waals surface area (Å²) in [6.45, 7) is 8.61. The monoisotopic (exact) mass is 304 g/mol. The SMILES string of the molecule is CCc1ccc(Oc2nc(Cl)ccc2N)c(C(C)(C)C)c1. The maximum Gasteiger partial charge on any atom is 0.244 e. The van der Waals surface area contributed by atoms with Crippen LogP contribution in [0.25, 0.3) is 0 Å². The van der Waals surface area contributed by atoms with Crippen molar-refractivity contribution >= 4 is 17.3 Å². The second kappa shape index (κ2) is 5.94. The molecule has 0 bridgehead atoms. The standard InChI is InChI=1S/C17H21ClN2O/c1-5-11-6-8-14(12(10-11)17(2,3)4)21-16-13(19)7-9-15(18)20-16/h6-10H,5,19H2,1-4H3. The summed E-state index contributed by atoms with van der Waals surface area (Å²) in [6.07, 6.45) is 0.987. The van der Waals surface area contributed by atoms with E-state index in [0.717, 1.165) is 17.7 Å². The van der Waals surface area contributed by atoms with Crippen LogP contribution in [0, 0.1) is 0 Å². The first kappa shape index (κ1) is 15.6. The lowest BCUT2D eigenvalue weighted by Gasteiger charge is -2.23. The van der Waals surface area contributed by atoms with Crippen molar-refractivity contribution in [2.24, 2.45) is 0 Å². The molecule has 0 amide bonds. The number of anilines is 1. The van der Waals surface area contributed by atoms with Crippen molar-refractivity contribution in [3.63, 3.8) is 0 Å². The highest BCUT2D eigenvalue weighted by Gasteiger charge is 2.20. The van der Waals surface area contributed by atoms with E-state index in [0.29, 0.717) is 16.7 Å². The quantitative estimate of drug-likeness (QED) is 0.814. The molecule has 2 N–H and O–H groups in total. The number of hydrogen-bond acceptors (Lipinski definition) is 3. The molecule has 0 spiro atoms. The van der Waals surface area contributed by atoms with Gasteiger partial charge in [0, 0.05) is 5.56 Å². The van der Waals surface area contributed by atoms with E-state index in [-0.39, 0.29) is 5.41 Å². The second-order valence-corrected chi connectivity index (χ2v) is 6.45. The normalized spacial score (nSPS) is 11.5. The smallest absolute Gasteiger partial charge is 0.244 e. The predicted octanol–water partition coefficient (Wildman–Crippen LogP) is 4.97. The predicted molar refractivity (Wildman–Crippen MR) is 88.3 cm³/mol. The minimum Gasteiger partial charge on any atom is -0.437 e. The number of nitrogens with zero attached hydrogens (tertiary/aromatic N) is 1. The molecular weight excluding hydrogens is 284 g/mol. The number of hydrogen-bond donors (Lipinski definition) is 1. The summed E-state index contributed by atoms with van der Waals surface area (Å²) in [7, 11) is 0. The Morgan fingerprint density at radius 3 is 2.52 bits per heavy atom. The van der Waals surface area contributed by atoms with Crippen molar-refractivity contribution in [2.45, 2.75) is 39.5 Å². The summed E-state index contributed by atoms with van der Waals surface area (Å²) in [5.74, 6) is 1.11. The van der Waals surface area contributed by atoms with Gasteiger partial charge in [0.1, 0.15) is 10.9 Å². The fraction of sp³-hybridized carbons (Fsp3) is 0.353. The highest BCUT2D eigenvalue weighted by atomic mass is 35.5. The van der Waals surface area contributed by atoms with Crippen LogP contribution in [0.1, 0.15) is 38.8 Å². The van der Waals surface area contributed by atoms with Gasteiger partial charge in [-0.2, -0.15) is 4.98 Å². The summed E-state index contributed by atoms with van der Waals surface area (Å²) >= 11 is 5.91. The summed E-state index contributed by atoms with van der Waals surface area (Å²) < 4.78 is 5.93. The van der Waals surface area contributed by atoms with Gasteiger partial charge in [0.15, 0.2) is 0 Å². The summed E-state index contributed by atoms with van der Waals surface area (Å²) in [6, 6.07) is 9.55. The number of benzene rings is 1. The zero-order valence-corrected chi connectivity index (χ0v) is 13.7. The molecule has 0 saturated heterocycles. The number of nitrogens with two attached hydrogens (primary N) is 1. The van der Waals surface area contributed by atoms with Crippen LogP contribution in [0.4, 0.5) is 5.69 Å². The minimum absolute atomic E-state index is 0.0339. The Bertz CT molecular complexity index is 648. The Balaban J connectivity index is 2.46. The zero-order valence-electron chi connectivity index (χ0n) is 12.9. The van der Waals surface area contributed by atoms with Gasteiger partial charge in [0.25, 0.3) is 0 Å². The first-order valence-electron chi connectivity index (χ1n) is 7.04. The van der Waals surface area contributed by atoms with Crippen LogP contribution in [-0.4, -0.2) is 4.98 Å². The molecule has 0 saturated carbocycles. The lowest BCUT2D eigenvalue weighted by atomic mass is 9.85. The van der Waals surface area contributed by atoms with Gasteiger partial charge in [0.05, 0.1) is 5.69 Å². The summed E-state index contributed by atoms with van der Waals surface area (Å²) in [5, 5.41) is 0.363. The van der Waals surface area contributed by atoms with Gasteiger partial charge in [-0.3, -0.25) is 0 Å². The average Bonchev–Trinajstić information content (AvgIpc) is 2.42. The van der Waals surface area contributed by atoms with E-state index < -0.39 is 0 Å². The molecule has 1 heterocycles. The molecule has 0 atom stereocenters. The molecule has 4 heteroatoms. The van der Waals surface area contributed by atoms with Crippen molar-refractivity contribution in [3.8, 4) is 11.6 Å². The van der Waals surface area contributed by atoms with Crippen LogP contribution >= 0.6 is 11.6 Å². The topological polar surface area (TPSA) is 48.1 Å². The molecule has 1 aromatic carbocycles. The van der Waals surface area contributed by atoms with E-state index in [2.05, 4.69) is 44.8 Å². The molecule has 112 valence electrons. The second-order valence-electron chi connectivity index (χ2n) is 6.06. The zero-order chi connectivity index (χ0) is 15.6. The first-order valence-corrected chi connectivity index (χ1v) is 7.42. The van der Waals surface area contributed by atoms with Crippen LogP contribution in [0.3, 0.4) is 0 Å². The van der Waals surface area contributed by atoms with Gasteiger partial charge in [0.2, 0.25) is 5.88 Å². The summed E-state index contributed by atoms with van der Waals surface area (Å²) in [4.78, 5) is 4.15. The Kier molecular flexibility index (Phi) is 4.43. The third kappa shape index (κ3) is 3.67. The van der Waals surface area contributed by atoms with Crippen LogP contribution in [0.2, 0.25) is 5.15 Å². The number of aryl methyl sites for hydroxylation is 1. The third-order valence-corrected chi connectivity index (χ3v) is 3.53. The first-order chi connectivity index (χ1) is 9.81. The molecule has 0 aliphatic heterocycles. The molecule has 2 aromatic rings. The fourth-order valence-corrected chi connectivity index (χ4v) is 2.23. The van der Waals surface area contributed by atoms with E-state index in [1.54, 1.807) is 12.1 Å². The highest BCUT2D eigenvalue weighted by Crippen LogP contribution is 2.36. The molecule has 0 fully saturated rings. The van der Waals surface area contributed by atoms with Gasteiger partial charge in [-0.25, -0.2) is 0 Å². The number of ether oxygens (including phenoxy) is 1. The van der Waals surface area contributed by atoms with Crippen LogP contribution in [0.15, 0.2) is 30.3 Å². The van der Waals surface area contributed by atoms with Gasteiger partial charge in [-0.05, 0) is 35.6 Å². The number of rotatable bonds is 3. The lowest BCUT2D eigenvalue weighted by Crippen LogP contribution is -2.13. The minimum atomic E-state index is -0.0339. The Hall–Kier alpha value is -1.74. The molecule has 1 aromatic heterocycles. The van der Waals surface area contributed by atoms with Crippen molar-refractivity contribution in [1.29, 1.82) is 0 Å². The molecule has 0 aliphatic carbocycles. The van der Waals surface area contributed by atoms with Crippen molar-refractivity contribution in [2.75, 3.05) is 5.73 Å². The Morgan fingerprint density at radius 1 is 1.19 bits per heavy atom. The Labute approximate surface area is 131 Å². The van der Waals surface area contributed by atoms with Gasteiger partial charge in [-0.1, -0.05) is 51.4 Å².